The first-order valence-corrected chi connectivity index (χ1v) is 18.2. The normalized spacial score (nSPS) is 22.6. The molecule has 4 bridgehead atoms. The van der Waals surface area contributed by atoms with Crippen LogP contribution in [0, 0.1) is 5.92 Å². The van der Waals surface area contributed by atoms with Gasteiger partial charge < -0.3 is 30.3 Å². The molecule has 252 valence electrons. The predicted molar refractivity (Wildman–Crippen MR) is 190 cm³/mol. The number of benzene rings is 1. The fourth-order valence-corrected chi connectivity index (χ4v) is 6.12. The summed E-state index contributed by atoms with van der Waals surface area (Å²) in [5, 5.41) is 10.8. The highest BCUT2D eigenvalue weighted by molar-refractivity contribution is 14.1. The summed E-state index contributed by atoms with van der Waals surface area (Å²) in [4.78, 5) is 58.1. The van der Waals surface area contributed by atoms with E-state index in [-0.39, 0.29) is 56.4 Å². The molecular weight excluding hydrogens is 721 g/mol. The van der Waals surface area contributed by atoms with Gasteiger partial charge in [0.05, 0.1) is 13.2 Å². The zero-order valence-corrected chi connectivity index (χ0v) is 29.6. The molecule has 3 rings (SSSR count). The number of carbonyl (C=O) groups is 4. The lowest BCUT2D eigenvalue weighted by molar-refractivity contribution is -0.138. The van der Waals surface area contributed by atoms with Gasteiger partial charge in [-0.2, -0.15) is 0 Å². The number of nitrogens with zero attached hydrogens (tertiary/aromatic N) is 2. The molecule has 1 aromatic carbocycles. The molecule has 0 aromatic heterocycles. The number of amides is 4. The van der Waals surface area contributed by atoms with Gasteiger partial charge in [0.2, 0.25) is 17.7 Å². The Labute approximate surface area is 289 Å². The monoisotopic (exact) mass is 767 g/mol. The van der Waals surface area contributed by atoms with Crippen LogP contribution in [-0.4, -0.2) is 89.2 Å². The maximum absolute atomic E-state index is 13.5. The van der Waals surface area contributed by atoms with Crippen LogP contribution >= 0.6 is 34.4 Å². The Balaban J connectivity index is 1.75. The minimum absolute atomic E-state index is 0.0918. The van der Waals surface area contributed by atoms with Crippen molar-refractivity contribution >= 4 is 63.2 Å². The van der Waals surface area contributed by atoms with Crippen LogP contribution in [0.25, 0.3) is 0 Å². The summed E-state index contributed by atoms with van der Waals surface area (Å²) in [5.74, 6) is -0.329. The van der Waals surface area contributed by atoms with Crippen molar-refractivity contribution in [2.75, 3.05) is 37.3 Å². The summed E-state index contributed by atoms with van der Waals surface area (Å²) in [6, 6.07) is 5.98. The number of ether oxygens (including phenoxy) is 2. The first kappa shape index (κ1) is 37.4. The number of aliphatic imine (C=N–C) groups is 1. The SMILES string of the molecule is C=CS/C1=N\CC(=O)N[C@@H]2C[C@@H](C(=O)NC(C)C(C)/C=C\CCCCI)N(C2)C(=O)CNC(=O)OCCCCOc2cccc1c2. The molecule has 1 fully saturated rings. The molecule has 2 aliphatic heterocycles. The molecule has 1 aromatic rings. The number of carbonyl (C=O) groups excluding carboxylic acids is 4. The zero-order chi connectivity index (χ0) is 33.3. The van der Waals surface area contributed by atoms with Gasteiger partial charge >= 0.3 is 6.09 Å². The Hall–Kier alpha value is -3.07. The molecule has 46 heavy (non-hydrogen) atoms. The van der Waals surface area contributed by atoms with Gasteiger partial charge in [-0.1, -0.05) is 72.1 Å². The van der Waals surface area contributed by atoms with Crippen molar-refractivity contribution < 1.29 is 28.7 Å². The number of thioether (sulfide) groups is 1. The number of nitrogens with one attached hydrogen (secondary N) is 3. The number of allylic oxidation sites excluding steroid dienone is 1. The average molecular weight is 768 g/mol. The van der Waals surface area contributed by atoms with Crippen molar-refractivity contribution in [2.24, 2.45) is 10.9 Å². The standard InChI is InChI=1S/C33H46IN5O6S/c1-4-46-32-25-13-11-14-27(18-25)44-16-9-10-17-45-33(43)36-21-30(41)39-22-26(38-29(40)20-35-32)19-28(39)31(42)37-24(3)23(2)12-7-5-6-8-15-34/h4,7,11-14,18,23-24,26,28H,1,5-6,8-10,15-17,19-22H2,2-3H3,(H,36,43)(H,37,42)(H,38,40)/b12-7-,35-32-/t23?,24?,26-,28+/m1/s1. The van der Waals surface area contributed by atoms with E-state index in [1.807, 2.05) is 38.1 Å². The zero-order valence-electron chi connectivity index (χ0n) is 26.7. The maximum Gasteiger partial charge on any atom is 0.407 e. The van der Waals surface area contributed by atoms with Crippen LogP contribution in [-0.2, 0) is 19.1 Å². The number of unbranched alkanes of at least 4 members (excludes halogenated alkanes) is 2. The van der Waals surface area contributed by atoms with Crippen LogP contribution in [0.1, 0.15) is 57.9 Å². The van der Waals surface area contributed by atoms with Crippen molar-refractivity contribution in [1.29, 1.82) is 0 Å². The summed E-state index contributed by atoms with van der Waals surface area (Å²) in [5.41, 5.74) is 0.786. The van der Waals surface area contributed by atoms with Crippen molar-refractivity contribution in [3.63, 3.8) is 0 Å². The molecule has 2 unspecified atom stereocenters. The van der Waals surface area contributed by atoms with E-state index in [2.05, 4.69) is 62.3 Å². The number of cyclic esters (lactones) is 1. The van der Waals surface area contributed by atoms with Gasteiger partial charge in [-0.25, -0.2) is 4.79 Å². The van der Waals surface area contributed by atoms with Gasteiger partial charge in [-0.3, -0.25) is 19.4 Å². The van der Waals surface area contributed by atoms with Gasteiger partial charge in [0.15, 0.2) is 0 Å². The number of halogens is 1. The fraction of sp³-hybridized carbons (Fsp3) is 0.545. The molecule has 4 atom stereocenters. The Kier molecular flexibility index (Phi) is 16.4. The maximum atomic E-state index is 13.5. The third kappa shape index (κ3) is 12.6. The second kappa shape index (κ2) is 20.2. The number of hydrogen-bond donors (Lipinski definition) is 3. The van der Waals surface area contributed by atoms with E-state index in [1.54, 1.807) is 5.41 Å². The molecule has 3 N–H and O–H groups in total. The molecule has 0 saturated carbocycles. The van der Waals surface area contributed by atoms with Crippen LogP contribution in [0.4, 0.5) is 4.79 Å². The van der Waals surface area contributed by atoms with Crippen molar-refractivity contribution in [2.45, 2.75) is 70.5 Å². The Morgan fingerprint density at radius 1 is 1.22 bits per heavy atom. The van der Waals surface area contributed by atoms with Crippen molar-refractivity contribution in [1.82, 2.24) is 20.9 Å². The smallest absolute Gasteiger partial charge is 0.407 e. The summed E-state index contributed by atoms with van der Waals surface area (Å²) >= 11 is 3.68. The molecule has 13 heteroatoms. The predicted octanol–water partition coefficient (Wildman–Crippen LogP) is 4.60. The number of alkyl carbamates (subject to hydrolysis) is 1. The minimum atomic E-state index is -0.811. The number of hydrogen-bond acceptors (Lipinski definition) is 8. The second-order valence-corrected chi connectivity index (χ2v) is 13.3. The van der Waals surface area contributed by atoms with E-state index in [9.17, 15) is 19.2 Å². The van der Waals surface area contributed by atoms with Crippen LogP contribution in [0.5, 0.6) is 5.75 Å². The van der Waals surface area contributed by atoms with E-state index in [4.69, 9.17) is 9.47 Å². The van der Waals surface area contributed by atoms with E-state index in [0.29, 0.717) is 30.2 Å². The molecule has 0 radical (unpaired) electrons. The largest absolute Gasteiger partial charge is 0.494 e. The minimum Gasteiger partial charge on any atom is -0.494 e. The number of alkyl halides is 1. The molecule has 0 aliphatic carbocycles. The third-order valence-electron chi connectivity index (χ3n) is 7.71. The number of rotatable bonds is 9. The Morgan fingerprint density at radius 2 is 2.00 bits per heavy atom. The quantitative estimate of drug-likeness (QED) is 0.145. The van der Waals surface area contributed by atoms with Crippen LogP contribution < -0.4 is 20.7 Å². The Bertz CT molecular complexity index is 1260. The highest BCUT2D eigenvalue weighted by Crippen LogP contribution is 2.22. The molecule has 4 amide bonds. The average Bonchev–Trinajstić information content (AvgIpc) is 3.46. The first-order chi connectivity index (χ1) is 22.2. The molecule has 2 aliphatic rings. The van der Waals surface area contributed by atoms with E-state index in [0.717, 1.165) is 22.8 Å². The lowest BCUT2D eigenvalue weighted by Crippen LogP contribution is -2.51. The van der Waals surface area contributed by atoms with E-state index >= 15 is 0 Å². The lowest BCUT2D eigenvalue weighted by atomic mass is 10.0. The molecule has 11 nitrogen and oxygen atoms in total. The van der Waals surface area contributed by atoms with Gasteiger partial charge in [-0.05, 0) is 73.3 Å². The number of fused-ring (bicyclic) bond motifs is 4. The lowest BCUT2D eigenvalue weighted by Gasteiger charge is -2.26. The summed E-state index contributed by atoms with van der Waals surface area (Å²) in [7, 11) is 0. The first-order valence-electron chi connectivity index (χ1n) is 15.8. The van der Waals surface area contributed by atoms with Gasteiger partial charge in [0.1, 0.15) is 29.9 Å². The molecule has 2 heterocycles. The van der Waals surface area contributed by atoms with Crippen LogP contribution in [0.3, 0.4) is 0 Å². The molecule has 0 spiro atoms. The highest BCUT2D eigenvalue weighted by atomic mass is 127. The van der Waals surface area contributed by atoms with Crippen molar-refractivity contribution in [3.05, 3.63) is 54.0 Å². The molecular formula is C33H46IN5O6S. The summed E-state index contributed by atoms with van der Waals surface area (Å²) < 4.78 is 12.2. The van der Waals surface area contributed by atoms with Crippen LogP contribution in [0.2, 0.25) is 0 Å². The second-order valence-electron chi connectivity index (χ2n) is 11.3. The highest BCUT2D eigenvalue weighted by Gasteiger charge is 2.40. The summed E-state index contributed by atoms with van der Waals surface area (Å²) in [6.45, 7) is 8.01. The van der Waals surface area contributed by atoms with Crippen molar-refractivity contribution in [3.8, 4) is 5.75 Å². The van der Waals surface area contributed by atoms with E-state index < -0.39 is 24.1 Å². The van der Waals surface area contributed by atoms with Crippen LogP contribution in [0.15, 0.2) is 53.4 Å². The molecule has 1 saturated heterocycles. The van der Waals surface area contributed by atoms with E-state index in [1.165, 1.54) is 23.1 Å². The summed E-state index contributed by atoms with van der Waals surface area (Å²) in [6.07, 6.45) is 8.31. The third-order valence-corrected chi connectivity index (χ3v) is 9.23. The van der Waals surface area contributed by atoms with Gasteiger partial charge in [-0.15, -0.1) is 0 Å². The topological polar surface area (TPSA) is 138 Å². The van der Waals surface area contributed by atoms with Gasteiger partial charge in [0, 0.05) is 24.2 Å². The fourth-order valence-electron chi connectivity index (χ4n) is 5.02. The van der Waals surface area contributed by atoms with Gasteiger partial charge in [0.25, 0.3) is 0 Å². The Morgan fingerprint density at radius 3 is 2.76 bits per heavy atom.